The third kappa shape index (κ3) is 36.3. The van der Waals surface area contributed by atoms with Crippen LogP contribution in [0.3, 0.4) is 0 Å². The van der Waals surface area contributed by atoms with Crippen LogP contribution in [0.15, 0.2) is 0 Å². The van der Waals surface area contributed by atoms with Crippen molar-refractivity contribution in [1.29, 1.82) is 0 Å². The SMILES string of the molecule is ClOCl.[O]=[Bi]. The van der Waals surface area contributed by atoms with E-state index < -0.39 is 0 Å². The molecule has 0 aliphatic rings. The Morgan fingerprint density at radius 1 is 1.40 bits per heavy atom. The van der Waals surface area contributed by atoms with E-state index in [1.165, 1.54) is 0 Å². The predicted octanol–water partition coefficient (Wildman–Crippen LogP) is 0.811. The van der Waals surface area contributed by atoms with Gasteiger partial charge in [0.2, 0.25) is 0 Å². The molecule has 0 rings (SSSR count). The molecule has 0 unspecified atom stereocenters. The van der Waals surface area contributed by atoms with E-state index in [-0.39, 0.29) is 24.7 Å². The van der Waals surface area contributed by atoms with Gasteiger partial charge in [-0.05, 0) is 0 Å². The zero-order valence-corrected chi connectivity index (χ0v) is 7.01. The fourth-order valence-electron chi connectivity index (χ4n) is 0. The molecule has 0 heterocycles. The molecule has 0 aromatic heterocycles. The van der Waals surface area contributed by atoms with Crippen molar-refractivity contribution in [2.75, 3.05) is 0 Å². The second-order valence-electron chi connectivity index (χ2n) is 0.0583. The van der Waals surface area contributed by atoms with Crippen molar-refractivity contribution in [2.24, 2.45) is 0 Å². The van der Waals surface area contributed by atoms with E-state index in [0.29, 0.717) is 0 Å². The van der Waals surface area contributed by atoms with Crippen molar-refractivity contribution in [3.8, 4) is 0 Å². The van der Waals surface area contributed by atoms with Gasteiger partial charge in [-0.3, -0.25) is 0 Å². The average molecular weight is 312 g/mol. The van der Waals surface area contributed by atoms with Crippen LogP contribution in [0.5, 0.6) is 0 Å². The van der Waals surface area contributed by atoms with E-state index in [1.54, 1.807) is 0 Å². The Labute approximate surface area is 55.0 Å². The minimum absolute atomic E-state index is 0.194. The van der Waals surface area contributed by atoms with Crippen LogP contribution in [0.25, 0.3) is 0 Å². The first-order valence-corrected chi connectivity index (χ1v) is 2.53. The second kappa shape index (κ2) is 18.8. The Kier molecular flexibility index (Phi) is 35.9. The van der Waals surface area contributed by atoms with Gasteiger partial charge in [0.1, 0.15) is 0 Å². The summed E-state index contributed by atoms with van der Waals surface area (Å²) in [5, 5.41) is 0. The molecular formula is BiCl2O2. The van der Waals surface area contributed by atoms with Crippen LogP contribution in [0.4, 0.5) is 0 Å². The van der Waals surface area contributed by atoms with E-state index in [9.17, 15) is 0 Å². The van der Waals surface area contributed by atoms with Gasteiger partial charge in [0.05, 0.1) is 23.7 Å². The zero-order valence-electron chi connectivity index (χ0n) is 2.02. The molecule has 0 bridgehead atoms. The summed E-state index contributed by atoms with van der Waals surface area (Å²) in [7, 11) is 0. The molecular weight excluding hydrogens is 312 g/mol. The Balaban J connectivity index is 0. The van der Waals surface area contributed by atoms with Crippen LogP contribution in [0.1, 0.15) is 0 Å². The molecule has 0 aliphatic heterocycles. The van der Waals surface area contributed by atoms with Crippen LogP contribution in [-0.2, 0) is 6.65 Å². The number of rotatable bonds is 0. The third-order valence-electron chi connectivity index (χ3n) is 0. The van der Waals surface area contributed by atoms with Crippen molar-refractivity contribution in [2.45, 2.75) is 0 Å². The van der Waals surface area contributed by atoms with E-state index in [2.05, 4.69) is 27.6 Å². The first-order chi connectivity index (χ1) is 2.41. The number of hydrogen-bond donors (Lipinski definition) is 0. The number of hydrogen-bond acceptors (Lipinski definition) is 2. The normalized spacial score (nSPS) is 4.40. The van der Waals surface area contributed by atoms with Gasteiger partial charge in [0.25, 0.3) is 0 Å². The summed E-state index contributed by atoms with van der Waals surface area (Å²) in [6.07, 6.45) is 0. The fraction of sp³-hybridized carbons (Fsp3) is 0. The van der Waals surface area contributed by atoms with Crippen LogP contribution >= 0.6 is 23.7 Å². The molecule has 1 radical (unpaired) electrons. The molecule has 5 heteroatoms. The van der Waals surface area contributed by atoms with Gasteiger partial charge < -0.3 is 0 Å². The van der Waals surface area contributed by atoms with Gasteiger partial charge in [-0.15, -0.1) is 0 Å². The van der Waals surface area contributed by atoms with Gasteiger partial charge in [-0.1, -0.05) is 0 Å². The zero-order chi connectivity index (χ0) is 4.71. The van der Waals surface area contributed by atoms with Crippen LogP contribution in [-0.4, -0.2) is 24.7 Å². The van der Waals surface area contributed by atoms with Crippen molar-refractivity contribution in [3.05, 3.63) is 0 Å². The molecule has 0 aromatic rings. The minimum atomic E-state index is 0.194. The van der Waals surface area contributed by atoms with Gasteiger partial charge in [0.15, 0.2) is 0 Å². The molecule has 0 amide bonds. The average Bonchev–Trinajstić information content (AvgIpc) is 1.46. The predicted molar refractivity (Wildman–Crippen MR) is 19.2 cm³/mol. The van der Waals surface area contributed by atoms with E-state index in [0.717, 1.165) is 0 Å². The molecule has 0 aromatic carbocycles. The summed E-state index contributed by atoms with van der Waals surface area (Å²) < 4.78 is 11.6. The fourth-order valence-corrected chi connectivity index (χ4v) is 0. The number of halogens is 2. The first-order valence-electron chi connectivity index (χ1n) is 0.491. The van der Waals surface area contributed by atoms with Crippen molar-refractivity contribution in [3.63, 3.8) is 0 Å². The van der Waals surface area contributed by atoms with Crippen molar-refractivity contribution < 1.29 is 6.65 Å². The summed E-state index contributed by atoms with van der Waals surface area (Å²) in [6, 6.07) is 0. The molecule has 0 spiro atoms. The summed E-state index contributed by atoms with van der Waals surface area (Å²) in [4.78, 5) is 0. The van der Waals surface area contributed by atoms with Gasteiger partial charge >= 0.3 is 27.5 Å². The van der Waals surface area contributed by atoms with Crippen molar-refractivity contribution >= 4 is 48.5 Å². The Morgan fingerprint density at radius 3 is 1.40 bits per heavy atom. The summed E-state index contributed by atoms with van der Waals surface area (Å²) in [5.41, 5.74) is 0. The van der Waals surface area contributed by atoms with Gasteiger partial charge in [0, 0.05) is 0 Å². The van der Waals surface area contributed by atoms with E-state index in [4.69, 9.17) is 2.81 Å². The molecule has 0 saturated heterocycles. The topological polar surface area (TPSA) is 26.3 Å². The van der Waals surface area contributed by atoms with Crippen LogP contribution in [0, 0.1) is 0 Å². The summed E-state index contributed by atoms with van der Waals surface area (Å²) in [5.74, 6) is 0. The monoisotopic (exact) mass is 311 g/mol. The Morgan fingerprint density at radius 2 is 1.40 bits per heavy atom. The first kappa shape index (κ1) is 9.52. The maximum atomic E-state index is 8.36. The van der Waals surface area contributed by atoms with Gasteiger partial charge in [-0.25, -0.2) is 0 Å². The van der Waals surface area contributed by atoms with E-state index in [1.807, 2.05) is 0 Å². The summed E-state index contributed by atoms with van der Waals surface area (Å²) in [6.45, 7) is 0. The summed E-state index contributed by atoms with van der Waals surface area (Å²) >= 11 is 8.72. The van der Waals surface area contributed by atoms with Crippen LogP contribution < -0.4 is 0 Å². The van der Waals surface area contributed by atoms with E-state index >= 15 is 0 Å². The quantitative estimate of drug-likeness (QED) is 0.619. The molecule has 0 saturated carbocycles. The standard InChI is InChI=1S/Bi.Cl2O.O/c;1-3-2;. The second-order valence-corrected chi connectivity index (χ2v) is 0.525. The maximum absolute atomic E-state index is 8.36. The Bertz CT molecular complexity index is 11.6. The molecule has 0 fully saturated rings. The molecule has 0 atom stereocenters. The van der Waals surface area contributed by atoms with Crippen molar-refractivity contribution in [1.82, 2.24) is 0 Å². The molecule has 31 valence electrons. The molecule has 0 N–H and O–H groups in total. The Hall–Kier alpha value is 1.22. The van der Waals surface area contributed by atoms with Gasteiger partial charge in [-0.2, -0.15) is 3.84 Å². The third-order valence-corrected chi connectivity index (χ3v) is 0. The molecule has 0 aliphatic carbocycles. The van der Waals surface area contributed by atoms with Crippen LogP contribution in [0.2, 0.25) is 0 Å². The molecule has 2 nitrogen and oxygen atoms in total. The molecule has 5 heavy (non-hydrogen) atoms.